The molecule has 1 atom stereocenters. The van der Waals surface area contributed by atoms with Gasteiger partial charge in [-0.25, -0.2) is 0 Å². The van der Waals surface area contributed by atoms with Crippen molar-refractivity contribution < 1.29 is 9.84 Å². The molecule has 0 saturated heterocycles. The van der Waals surface area contributed by atoms with Crippen LogP contribution in [-0.4, -0.2) is 23.9 Å². The Balaban J connectivity index is 2.03. The van der Waals surface area contributed by atoms with Gasteiger partial charge in [0.1, 0.15) is 0 Å². The molecule has 2 nitrogen and oxygen atoms in total. The summed E-state index contributed by atoms with van der Waals surface area (Å²) in [5.41, 5.74) is 1.15. The SMILES string of the molecule is CC(C)OCC(O)Cc1ccc2ccccc2c1. The third-order valence-electron chi connectivity index (χ3n) is 2.91. The number of aliphatic hydroxyl groups excluding tert-OH is 1. The van der Waals surface area contributed by atoms with Gasteiger partial charge in [0.2, 0.25) is 0 Å². The second-order valence-corrected chi connectivity index (χ2v) is 4.92. The van der Waals surface area contributed by atoms with Gasteiger partial charge in [-0.05, 0) is 30.2 Å². The van der Waals surface area contributed by atoms with Crippen LogP contribution in [0.5, 0.6) is 0 Å². The zero-order chi connectivity index (χ0) is 13.0. The molecular formula is C16H20O2. The summed E-state index contributed by atoms with van der Waals surface area (Å²) < 4.78 is 5.41. The normalized spacial score (nSPS) is 13.1. The molecule has 2 aromatic carbocycles. The zero-order valence-electron chi connectivity index (χ0n) is 11.0. The van der Waals surface area contributed by atoms with E-state index in [4.69, 9.17) is 4.74 Å². The molecule has 0 fully saturated rings. The molecule has 0 bridgehead atoms. The molecule has 0 amide bonds. The Bertz CT molecular complexity index is 505. The number of hydrogen-bond acceptors (Lipinski definition) is 2. The van der Waals surface area contributed by atoms with Crippen molar-refractivity contribution in [1.29, 1.82) is 0 Å². The molecule has 1 unspecified atom stereocenters. The maximum atomic E-state index is 9.90. The quantitative estimate of drug-likeness (QED) is 0.875. The van der Waals surface area contributed by atoms with Crippen molar-refractivity contribution in [2.75, 3.05) is 6.61 Å². The van der Waals surface area contributed by atoms with E-state index >= 15 is 0 Å². The molecule has 2 rings (SSSR count). The molecule has 0 aliphatic rings. The molecule has 0 spiro atoms. The highest BCUT2D eigenvalue weighted by Gasteiger charge is 2.07. The smallest absolute Gasteiger partial charge is 0.0814 e. The molecule has 0 aliphatic carbocycles. The van der Waals surface area contributed by atoms with E-state index in [9.17, 15) is 5.11 Å². The van der Waals surface area contributed by atoms with Crippen LogP contribution in [0.15, 0.2) is 42.5 Å². The Morgan fingerprint density at radius 2 is 1.78 bits per heavy atom. The van der Waals surface area contributed by atoms with E-state index in [1.54, 1.807) is 0 Å². The van der Waals surface area contributed by atoms with Gasteiger partial charge in [0.15, 0.2) is 0 Å². The average Bonchev–Trinajstić information content (AvgIpc) is 2.36. The number of benzene rings is 2. The first-order chi connectivity index (χ1) is 8.65. The second-order valence-electron chi connectivity index (χ2n) is 4.92. The van der Waals surface area contributed by atoms with Crippen LogP contribution >= 0.6 is 0 Å². The summed E-state index contributed by atoms with van der Waals surface area (Å²) in [6.45, 7) is 4.34. The lowest BCUT2D eigenvalue weighted by atomic mass is 10.0. The van der Waals surface area contributed by atoms with Gasteiger partial charge in [0.05, 0.1) is 18.8 Å². The van der Waals surface area contributed by atoms with Crippen LogP contribution < -0.4 is 0 Å². The molecule has 0 radical (unpaired) electrons. The number of ether oxygens (including phenoxy) is 1. The second kappa shape index (κ2) is 5.98. The molecule has 0 aliphatic heterocycles. The number of rotatable bonds is 5. The summed E-state index contributed by atoms with van der Waals surface area (Å²) in [4.78, 5) is 0. The lowest BCUT2D eigenvalue weighted by molar-refractivity contribution is 0.00622. The molecule has 0 aromatic heterocycles. The number of fused-ring (bicyclic) bond motifs is 1. The molecule has 2 heteroatoms. The van der Waals surface area contributed by atoms with E-state index in [0.29, 0.717) is 13.0 Å². The summed E-state index contributed by atoms with van der Waals surface area (Å²) in [5.74, 6) is 0. The molecule has 18 heavy (non-hydrogen) atoms. The van der Waals surface area contributed by atoms with Gasteiger partial charge in [-0.15, -0.1) is 0 Å². The van der Waals surface area contributed by atoms with Crippen LogP contribution in [0.3, 0.4) is 0 Å². The third kappa shape index (κ3) is 3.56. The summed E-state index contributed by atoms with van der Waals surface area (Å²) in [5, 5.41) is 12.3. The standard InChI is InChI=1S/C16H20O2/c1-12(2)18-11-16(17)10-13-7-8-14-5-3-4-6-15(14)9-13/h3-9,12,16-17H,10-11H2,1-2H3. The Kier molecular flexibility index (Phi) is 4.34. The van der Waals surface area contributed by atoms with Crippen molar-refractivity contribution in [3.63, 3.8) is 0 Å². The van der Waals surface area contributed by atoms with E-state index in [1.165, 1.54) is 10.8 Å². The van der Waals surface area contributed by atoms with Gasteiger partial charge in [-0.1, -0.05) is 42.5 Å². The third-order valence-corrected chi connectivity index (χ3v) is 2.91. The molecule has 2 aromatic rings. The predicted molar refractivity (Wildman–Crippen MR) is 74.7 cm³/mol. The van der Waals surface area contributed by atoms with Crippen LogP contribution in [0.2, 0.25) is 0 Å². The van der Waals surface area contributed by atoms with E-state index in [-0.39, 0.29) is 6.10 Å². The fourth-order valence-electron chi connectivity index (χ4n) is 2.00. The minimum absolute atomic E-state index is 0.163. The number of aliphatic hydroxyl groups is 1. The topological polar surface area (TPSA) is 29.5 Å². The summed E-state index contributed by atoms with van der Waals surface area (Å²) >= 11 is 0. The Hall–Kier alpha value is -1.38. The maximum absolute atomic E-state index is 9.90. The highest BCUT2D eigenvalue weighted by atomic mass is 16.5. The summed E-state index contributed by atoms with van der Waals surface area (Å²) in [6, 6.07) is 14.6. The van der Waals surface area contributed by atoms with Crippen molar-refractivity contribution in [3.05, 3.63) is 48.0 Å². The summed E-state index contributed by atoms with van der Waals surface area (Å²) in [7, 11) is 0. The van der Waals surface area contributed by atoms with Gasteiger partial charge in [0, 0.05) is 6.42 Å². The average molecular weight is 244 g/mol. The van der Waals surface area contributed by atoms with Crippen molar-refractivity contribution in [3.8, 4) is 0 Å². The number of hydrogen-bond donors (Lipinski definition) is 1. The van der Waals surface area contributed by atoms with E-state index in [2.05, 4.69) is 30.3 Å². The van der Waals surface area contributed by atoms with Crippen molar-refractivity contribution in [2.24, 2.45) is 0 Å². The van der Waals surface area contributed by atoms with E-state index < -0.39 is 6.10 Å². The van der Waals surface area contributed by atoms with Gasteiger partial charge in [-0.3, -0.25) is 0 Å². The van der Waals surface area contributed by atoms with Gasteiger partial charge >= 0.3 is 0 Å². The minimum atomic E-state index is -0.437. The zero-order valence-corrected chi connectivity index (χ0v) is 11.0. The van der Waals surface area contributed by atoms with Gasteiger partial charge in [0.25, 0.3) is 0 Å². The molecule has 0 heterocycles. The fourth-order valence-corrected chi connectivity index (χ4v) is 2.00. The predicted octanol–water partition coefficient (Wildman–Crippen LogP) is 3.17. The van der Waals surface area contributed by atoms with Crippen molar-refractivity contribution >= 4 is 10.8 Å². The van der Waals surface area contributed by atoms with Crippen LogP contribution in [-0.2, 0) is 11.2 Å². The van der Waals surface area contributed by atoms with Crippen LogP contribution in [0.1, 0.15) is 19.4 Å². The minimum Gasteiger partial charge on any atom is -0.390 e. The lowest BCUT2D eigenvalue weighted by Crippen LogP contribution is -2.20. The van der Waals surface area contributed by atoms with Crippen molar-refractivity contribution in [2.45, 2.75) is 32.5 Å². The van der Waals surface area contributed by atoms with E-state index in [0.717, 1.165) is 5.56 Å². The highest BCUT2D eigenvalue weighted by molar-refractivity contribution is 5.82. The first-order valence-electron chi connectivity index (χ1n) is 6.42. The first kappa shape index (κ1) is 13.1. The van der Waals surface area contributed by atoms with Crippen LogP contribution in [0.4, 0.5) is 0 Å². The highest BCUT2D eigenvalue weighted by Crippen LogP contribution is 2.16. The Morgan fingerprint density at radius 3 is 2.50 bits per heavy atom. The molecular weight excluding hydrogens is 224 g/mol. The first-order valence-corrected chi connectivity index (χ1v) is 6.42. The lowest BCUT2D eigenvalue weighted by Gasteiger charge is -2.13. The Morgan fingerprint density at radius 1 is 1.06 bits per heavy atom. The largest absolute Gasteiger partial charge is 0.390 e. The van der Waals surface area contributed by atoms with Crippen molar-refractivity contribution in [1.82, 2.24) is 0 Å². The maximum Gasteiger partial charge on any atom is 0.0814 e. The van der Waals surface area contributed by atoms with Gasteiger partial charge < -0.3 is 9.84 Å². The van der Waals surface area contributed by atoms with Gasteiger partial charge in [-0.2, -0.15) is 0 Å². The van der Waals surface area contributed by atoms with Crippen LogP contribution in [0.25, 0.3) is 10.8 Å². The molecule has 1 N–H and O–H groups in total. The summed E-state index contributed by atoms with van der Waals surface area (Å²) in [6.07, 6.45) is 0.363. The monoisotopic (exact) mass is 244 g/mol. The van der Waals surface area contributed by atoms with E-state index in [1.807, 2.05) is 26.0 Å². The Labute approximate surface area is 108 Å². The molecule has 0 saturated carbocycles. The van der Waals surface area contributed by atoms with Crippen LogP contribution in [0, 0.1) is 0 Å². The fraction of sp³-hybridized carbons (Fsp3) is 0.375. The molecule has 96 valence electrons.